The number of fused-ring (bicyclic) bond motifs is 2. The largest absolute Gasteiger partial charge is 1.00 e. The first kappa shape index (κ1) is 20.6. The fourth-order valence-corrected chi connectivity index (χ4v) is 3.63. The van der Waals surface area contributed by atoms with Gasteiger partial charge in [0.25, 0.3) is 0 Å². The van der Waals surface area contributed by atoms with Crippen molar-refractivity contribution in [1.82, 2.24) is 10.9 Å². The summed E-state index contributed by atoms with van der Waals surface area (Å²) >= 11 is 0. The van der Waals surface area contributed by atoms with Crippen molar-refractivity contribution in [2.75, 3.05) is 0 Å². The van der Waals surface area contributed by atoms with E-state index in [1.54, 1.807) is 0 Å². The van der Waals surface area contributed by atoms with Gasteiger partial charge in [-0.1, -0.05) is 84.9 Å². The van der Waals surface area contributed by atoms with Crippen molar-refractivity contribution in [3.05, 3.63) is 102 Å². The monoisotopic (exact) mass is 361 g/mol. The van der Waals surface area contributed by atoms with E-state index in [0.29, 0.717) is 0 Å². The van der Waals surface area contributed by atoms with Crippen molar-refractivity contribution in [3.63, 3.8) is 0 Å². The minimum absolute atomic E-state index is 0. The molecule has 4 aromatic carbocycles. The first-order valence-corrected chi connectivity index (χ1v) is 9.40. The predicted octanol–water partition coefficient (Wildman–Crippen LogP) is 3.20. The average Bonchev–Trinajstić information content (AvgIpc) is 2.72. The summed E-state index contributed by atoms with van der Waals surface area (Å²) in [5, 5.41) is 5.02. The summed E-state index contributed by atoms with van der Waals surface area (Å²) in [6.45, 7) is 4.27. The van der Waals surface area contributed by atoms with Gasteiger partial charge in [0.15, 0.2) is 0 Å². The molecule has 2 atom stereocenters. The minimum atomic E-state index is 0. The normalized spacial score (nSPS) is 13.2. The quantitative estimate of drug-likeness (QED) is 0.409. The topological polar surface area (TPSA) is 38.2 Å². The van der Waals surface area contributed by atoms with E-state index in [4.69, 9.17) is 0 Å². The predicted molar refractivity (Wildman–Crippen MR) is 114 cm³/mol. The number of nitrogens with zero attached hydrogens (tertiary/aromatic N) is 1. The second kappa shape index (κ2) is 9.38. The first-order chi connectivity index (χ1) is 13.2. The Balaban J connectivity index is 0.00000225. The molecule has 3 nitrogen and oxygen atoms in total. The van der Waals surface area contributed by atoms with Crippen LogP contribution in [0.2, 0.25) is 0 Å². The Kier molecular flexibility index (Phi) is 6.91. The Bertz CT molecular complexity index is 968. The van der Waals surface area contributed by atoms with Crippen LogP contribution in [0.4, 0.5) is 0 Å². The van der Waals surface area contributed by atoms with Crippen LogP contribution in [0.25, 0.3) is 27.1 Å². The summed E-state index contributed by atoms with van der Waals surface area (Å²) in [7, 11) is 0. The zero-order valence-corrected chi connectivity index (χ0v) is 16.7. The third-order valence-electron chi connectivity index (χ3n) is 5.10. The molecule has 0 spiro atoms. The van der Waals surface area contributed by atoms with Gasteiger partial charge in [-0.3, -0.25) is 0 Å². The molecule has 0 aliphatic heterocycles. The molecular weight excluding hydrogens is 337 g/mol. The summed E-state index contributed by atoms with van der Waals surface area (Å²) in [5.74, 6) is 0. The van der Waals surface area contributed by atoms with Crippen LogP contribution in [-0.2, 0) is 0 Å². The van der Waals surface area contributed by atoms with Crippen molar-refractivity contribution in [1.29, 1.82) is 0 Å². The van der Waals surface area contributed by atoms with Gasteiger partial charge >= 0.3 is 18.9 Å². The average molecular weight is 361 g/mol. The van der Waals surface area contributed by atoms with Gasteiger partial charge in [0.1, 0.15) is 0 Å². The van der Waals surface area contributed by atoms with Crippen LogP contribution in [0, 0.1) is 0 Å². The SMILES string of the molecule is C[C@H](N[N-]N[C@@H](C)c1cccc2ccccc12)c1cccc2ccccc12.[Li+]. The maximum absolute atomic E-state index is 4.44. The molecule has 0 radical (unpaired) electrons. The van der Waals surface area contributed by atoms with Gasteiger partial charge in [0.05, 0.1) is 0 Å². The van der Waals surface area contributed by atoms with Gasteiger partial charge in [-0.2, -0.15) is 0 Å². The molecule has 0 aliphatic rings. The molecule has 4 rings (SSSR count). The van der Waals surface area contributed by atoms with E-state index in [1.165, 1.54) is 32.7 Å². The van der Waals surface area contributed by atoms with Crippen LogP contribution in [0.3, 0.4) is 0 Å². The number of nitrogens with one attached hydrogen (secondary N) is 2. The summed E-state index contributed by atoms with van der Waals surface area (Å²) in [5.41, 5.74) is 13.4. The van der Waals surface area contributed by atoms with Gasteiger partial charge in [-0.25, -0.2) is 0 Å². The number of rotatable bonds is 6. The van der Waals surface area contributed by atoms with Gasteiger partial charge in [0.2, 0.25) is 0 Å². The molecule has 0 bridgehead atoms. The number of hydrogen-bond donors (Lipinski definition) is 2. The van der Waals surface area contributed by atoms with Gasteiger partial charge in [0, 0.05) is 12.1 Å². The maximum Gasteiger partial charge on any atom is 1.00 e. The van der Waals surface area contributed by atoms with Gasteiger partial charge in [-0.05, 0) is 46.5 Å². The van der Waals surface area contributed by atoms with Crippen molar-refractivity contribution in [2.24, 2.45) is 0 Å². The van der Waals surface area contributed by atoms with Crippen LogP contribution >= 0.6 is 0 Å². The van der Waals surface area contributed by atoms with Crippen LogP contribution in [0.5, 0.6) is 0 Å². The van der Waals surface area contributed by atoms with Crippen molar-refractivity contribution in [3.8, 4) is 0 Å². The Morgan fingerprint density at radius 2 is 0.964 bits per heavy atom. The Hall–Kier alpha value is -2.12. The Morgan fingerprint density at radius 1 is 0.571 bits per heavy atom. The molecule has 0 fully saturated rings. The van der Waals surface area contributed by atoms with E-state index in [9.17, 15) is 0 Å². The zero-order chi connectivity index (χ0) is 18.6. The fraction of sp³-hybridized carbons (Fsp3) is 0.167. The van der Waals surface area contributed by atoms with Gasteiger partial charge < -0.3 is 16.4 Å². The maximum atomic E-state index is 4.44. The van der Waals surface area contributed by atoms with Crippen molar-refractivity contribution < 1.29 is 18.9 Å². The molecule has 0 aromatic heterocycles. The van der Waals surface area contributed by atoms with Crippen molar-refractivity contribution in [2.45, 2.75) is 25.9 Å². The molecule has 0 amide bonds. The summed E-state index contributed by atoms with van der Waals surface area (Å²) < 4.78 is 0. The standard InChI is InChI=1S/C24H24N3.Li/c1-17(21-15-7-11-19-9-3-5-13-23(19)21)25-27-26-18(2)22-16-8-12-20-10-4-6-14-24(20)22;/h3-18,25-26H,1-2H3;/q-1;+1/t17-,18-;/m0./s1. The van der Waals surface area contributed by atoms with Crippen molar-refractivity contribution >= 4 is 21.5 Å². The van der Waals surface area contributed by atoms with E-state index >= 15 is 0 Å². The first-order valence-electron chi connectivity index (χ1n) is 9.40. The molecule has 136 valence electrons. The van der Waals surface area contributed by atoms with Gasteiger partial charge in [-0.15, -0.1) is 0 Å². The zero-order valence-electron chi connectivity index (χ0n) is 16.7. The molecule has 28 heavy (non-hydrogen) atoms. The third kappa shape index (κ3) is 4.31. The third-order valence-corrected chi connectivity index (χ3v) is 5.10. The van der Waals surface area contributed by atoms with Crippen LogP contribution in [-0.4, -0.2) is 0 Å². The summed E-state index contributed by atoms with van der Waals surface area (Å²) in [6.07, 6.45) is 0. The number of hydrogen-bond acceptors (Lipinski definition) is 2. The Labute approximate surface area is 178 Å². The van der Waals surface area contributed by atoms with E-state index in [0.717, 1.165) is 0 Å². The second-order valence-corrected chi connectivity index (χ2v) is 6.95. The molecule has 0 saturated carbocycles. The van der Waals surface area contributed by atoms with E-state index in [-0.39, 0.29) is 30.9 Å². The smallest absolute Gasteiger partial charge is 0.532 e. The molecular formula is C24H24LiN3. The molecule has 0 saturated heterocycles. The molecule has 0 aliphatic carbocycles. The van der Waals surface area contributed by atoms with Crippen LogP contribution in [0.15, 0.2) is 84.9 Å². The summed E-state index contributed by atoms with van der Waals surface area (Å²) in [4.78, 5) is 0. The second-order valence-electron chi connectivity index (χ2n) is 6.95. The Morgan fingerprint density at radius 3 is 1.43 bits per heavy atom. The van der Waals surface area contributed by atoms with E-state index in [1.807, 2.05) is 0 Å². The fourth-order valence-electron chi connectivity index (χ4n) is 3.63. The molecule has 2 N–H and O–H groups in total. The molecule has 0 heterocycles. The molecule has 4 aromatic rings. The molecule has 0 unspecified atom stereocenters. The van der Waals surface area contributed by atoms with Crippen LogP contribution < -0.4 is 29.7 Å². The molecule has 4 heteroatoms. The number of benzene rings is 4. The van der Waals surface area contributed by atoms with E-state index < -0.39 is 0 Å². The minimum Gasteiger partial charge on any atom is -0.532 e. The van der Waals surface area contributed by atoms with Crippen LogP contribution in [0.1, 0.15) is 37.1 Å². The summed E-state index contributed by atoms with van der Waals surface area (Å²) in [6, 6.07) is 29.9. The van der Waals surface area contributed by atoms with E-state index in [2.05, 4.69) is 115 Å².